The second kappa shape index (κ2) is 4.96. The Morgan fingerprint density at radius 2 is 2.10 bits per heavy atom. The molecule has 104 valence electrons. The van der Waals surface area contributed by atoms with Gasteiger partial charge >= 0.3 is 6.03 Å². The largest absolute Gasteiger partial charge is 0.326 e. The molecular formula is C14H15N3O3. The molecule has 1 aromatic carbocycles. The van der Waals surface area contributed by atoms with Crippen LogP contribution in [-0.2, 0) is 16.0 Å². The average molecular weight is 273 g/mol. The third-order valence-electron chi connectivity index (χ3n) is 3.69. The highest BCUT2D eigenvalue weighted by atomic mass is 16.2. The van der Waals surface area contributed by atoms with Crippen molar-refractivity contribution >= 4 is 23.5 Å². The van der Waals surface area contributed by atoms with Crippen LogP contribution in [0.1, 0.15) is 18.4 Å². The van der Waals surface area contributed by atoms with Crippen LogP contribution in [0.5, 0.6) is 0 Å². The highest BCUT2D eigenvalue weighted by Crippen LogP contribution is 2.28. The summed E-state index contributed by atoms with van der Waals surface area (Å²) in [5.41, 5.74) is 2.13. The van der Waals surface area contributed by atoms with E-state index in [1.165, 1.54) is 5.56 Å². The number of carbonyl (C=O) groups excluding carboxylic acids is 3. The van der Waals surface area contributed by atoms with Crippen LogP contribution in [0.4, 0.5) is 10.5 Å². The number of para-hydroxylation sites is 1. The molecule has 0 bridgehead atoms. The number of benzene rings is 1. The highest BCUT2D eigenvalue weighted by Gasteiger charge is 2.31. The van der Waals surface area contributed by atoms with Crippen LogP contribution in [0.15, 0.2) is 24.3 Å². The summed E-state index contributed by atoms with van der Waals surface area (Å²) < 4.78 is 0. The molecule has 6 heteroatoms. The number of anilines is 1. The fourth-order valence-corrected chi connectivity index (χ4v) is 2.66. The van der Waals surface area contributed by atoms with E-state index in [1.54, 1.807) is 4.90 Å². The van der Waals surface area contributed by atoms with Gasteiger partial charge in [0.25, 0.3) is 5.91 Å². The van der Waals surface area contributed by atoms with E-state index in [4.69, 9.17) is 0 Å². The molecule has 20 heavy (non-hydrogen) atoms. The number of nitrogens with zero attached hydrogens (tertiary/aromatic N) is 1. The number of carbonyl (C=O) groups is 3. The zero-order chi connectivity index (χ0) is 14.1. The molecule has 2 heterocycles. The van der Waals surface area contributed by atoms with Gasteiger partial charge in [-0.15, -0.1) is 0 Å². The molecule has 0 radical (unpaired) electrons. The SMILES string of the molecule is O=C1NC(=O)C(CCC(=O)N2CCc3ccccc32)N1. The lowest BCUT2D eigenvalue weighted by atomic mass is 10.1. The molecule has 1 aromatic rings. The van der Waals surface area contributed by atoms with Gasteiger partial charge in [0.15, 0.2) is 0 Å². The first-order valence-corrected chi connectivity index (χ1v) is 6.65. The topological polar surface area (TPSA) is 78.5 Å². The average Bonchev–Trinajstić information content (AvgIpc) is 2.99. The van der Waals surface area contributed by atoms with Gasteiger partial charge in [-0.05, 0) is 24.5 Å². The monoisotopic (exact) mass is 273 g/mol. The van der Waals surface area contributed by atoms with Crippen molar-refractivity contribution < 1.29 is 14.4 Å². The third kappa shape index (κ3) is 2.24. The molecule has 2 N–H and O–H groups in total. The molecule has 3 rings (SSSR count). The van der Waals surface area contributed by atoms with E-state index >= 15 is 0 Å². The molecule has 6 nitrogen and oxygen atoms in total. The minimum absolute atomic E-state index is 0.0103. The number of amides is 4. The van der Waals surface area contributed by atoms with Gasteiger partial charge in [-0.25, -0.2) is 4.79 Å². The van der Waals surface area contributed by atoms with Gasteiger partial charge in [-0.1, -0.05) is 18.2 Å². The van der Waals surface area contributed by atoms with Gasteiger partial charge in [0.2, 0.25) is 5.91 Å². The second-order valence-electron chi connectivity index (χ2n) is 4.98. The summed E-state index contributed by atoms with van der Waals surface area (Å²) in [6, 6.07) is 6.75. The van der Waals surface area contributed by atoms with Crippen LogP contribution >= 0.6 is 0 Å². The van der Waals surface area contributed by atoms with E-state index in [0.29, 0.717) is 13.0 Å². The van der Waals surface area contributed by atoms with Gasteiger partial charge in [0.1, 0.15) is 6.04 Å². The van der Waals surface area contributed by atoms with E-state index in [1.807, 2.05) is 24.3 Å². The van der Waals surface area contributed by atoms with E-state index < -0.39 is 12.1 Å². The molecule has 1 saturated heterocycles. The summed E-state index contributed by atoms with van der Waals surface area (Å²) in [7, 11) is 0. The first-order chi connectivity index (χ1) is 9.65. The molecule has 0 saturated carbocycles. The quantitative estimate of drug-likeness (QED) is 0.790. The number of fused-ring (bicyclic) bond motifs is 1. The summed E-state index contributed by atoms with van der Waals surface area (Å²) >= 11 is 0. The van der Waals surface area contributed by atoms with Crippen molar-refractivity contribution in [2.45, 2.75) is 25.3 Å². The molecule has 0 spiro atoms. The first-order valence-electron chi connectivity index (χ1n) is 6.65. The number of hydrogen-bond acceptors (Lipinski definition) is 3. The van der Waals surface area contributed by atoms with E-state index in [0.717, 1.165) is 12.1 Å². The maximum atomic E-state index is 12.2. The van der Waals surface area contributed by atoms with Gasteiger partial charge in [0, 0.05) is 18.7 Å². The predicted octanol–water partition coefficient (Wildman–Crippen LogP) is 0.564. The standard InChI is InChI=1S/C14H15N3O3/c18-12(6-5-10-13(19)16-14(20)15-10)17-8-7-9-3-1-2-4-11(9)17/h1-4,10H,5-8H2,(H2,15,16,19,20). The van der Waals surface area contributed by atoms with Crippen molar-refractivity contribution in [3.05, 3.63) is 29.8 Å². The van der Waals surface area contributed by atoms with Gasteiger partial charge in [-0.2, -0.15) is 0 Å². The lowest BCUT2D eigenvalue weighted by Crippen LogP contribution is -2.33. The van der Waals surface area contributed by atoms with Crippen molar-refractivity contribution in [3.63, 3.8) is 0 Å². The summed E-state index contributed by atoms with van der Waals surface area (Å²) in [6.45, 7) is 0.682. The van der Waals surface area contributed by atoms with Crippen molar-refractivity contribution in [3.8, 4) is 0 Å². The van der Waals surface area contributed by atoms with E-state index in [-0.39, 0.29) is 18.2 Å². The van der Waals surface area contributed by atoms with E-state index in [9.17, 15) is 14.4 Å². The lowest BCUT2D eigenvalue weighted by Gasteiger charge is -2.18. The minimum Gasteiger partial charge on any atom is -0.326 e. The molecule has 1 atom stereocenters. The zero-order valence-electron chi connectivity index (χ0n) is 10.9. The summed E-state index contributed by atoms with van der Waals surface area (Å²) in [6.07, 6.45) is 1.43. The Hall–Kier alpha value is -2.37. The Bertz CT molecular complexity index is 585. The normalized spacial score (nSPS) is 20.6. The molecule has 4 amide bonds. The Balaban J connectivity index is 1.61. The number of imide groups is 1. The Kier molecular flexibility index (Phi) is 3.14. The molecule has 2 aliphatic heterocycles. The Morgan fingerprint density at radius 3 is 2.85 bits per heavy atom. The number of nitrogens with one attached hydrogen (secondary N) is 2. The van der Waals surface area contributed by atoms with Crippen LogP contribution in [-0.4, -0.2) is 30.4 Å². The highest BCUT2D eigenvalue weighted by molar-refractivity contribution is 6.04. The van der Waals surface area contributed by atoms with Crippen LogP contribution in [0.25, 0.3) is 0 Å². The fraction of sp³-hybridized carbons (Fsp3) is 0.357. The van der Waals surface area contributed by atoms with Crippen LogP contribution < -0.4 is 15.5 Å². The molecular weight excluding hydrogens is 258 g/mol. The maximum Gasteiger partial charge on any atom is 0.322 e. The van der Waals surface area contributed by atoms with Crippen molar-refractivity contribution in [1.29, 1.82) is 0 Å². The van der Waals surface area contributed by atoms with Crippen molar-refractivity contribution in [2.75, 3.05) is 11.4 Å². The van der Waals surface area contributed by atoms with Crippen LogP contribution in [0.3, 0.4) is 0 Å². The Morgan fingerprint density at radius 1 is 1.30 bits per heavy atom. The minimum atomic E-state index is -0.593. The maximum absolute atomic E-state index is 12.2. The molecule has 1 unspecified atom stereocenters. The summed E-state index contributed by atoms with van der Waals surface area (Å²) in [5, 5.41) is 4.66. The molecule has 0 aliphatic carbocycles. The number of rotatable bonds is 3. The summed E-state index contributed by atoms with van der Waals surface area (Å²) in [4.78, 5) is 36.4. The van der Waals surface area contributed by atoms with E-state index in [2.05, 4.69) is 10.6 Å². The zero-order valence-corrected chi connectivity index (χ0v) is 10.9. The first kappa shape index (κ1) is 12.7. The van der Waals surface area contributed by atoms with Crippen molar-refractivity contribution in [2.24, 2.45) is 0 Å². The lowest BCUT2D eigenvalue weighted by molar-refractivity contribution is -0.121. The number of hydrogen-bond donors (Lipinski definition) is 2. The van der Waals surface area contributed by atoms with Gasteiger partial charge in [0.05, 0.1) is 0 Å². The van der Waals surface area contributed by atoms with Gasteiger partial charge in [-0.3, -0.25) is 14.9 Å². The second-order valence-corrected chi connectivity index (χ2v) is 4.98. The predicted molar refractivity (Wildman–Crippen MR) is 72.2 cm³/mol. The summed E-state index contributed by atoms with van der Waals surface area (Å²) in [5.74, 6) is -0.367. The van der Waals surface area contributed by atoms with Crippen LogP contribution in [0.2, 0.25) is 0 Å². The molecule has 1 fully saturated rings. The van der Waals surface area contributed by atoms with Crippen LogP contribution in [0, 0.1) is 0 Å². The van der Waals surface area contributed by atoms with Gasteiger partial charge < -0.3 is 10.2 Å². The third-order valence-corrected chi connectivity index (χ3v) is 3.69. The smallest absolute Gasteiger partial charge is 0.322 e. The Labute approximate surface area is 116 Å². The number of urea groups is 1. The molecule has 0 aromatic heterocycles. The van der Waals surface area contributed by atoms with Crippen molar-refractivity contribution in [1.82, 2.24) is 10.6 Å². The molecule has 2 aliphatic rings. The fourth-order valence-electron chi connectivity index (χ4n) is 2.66.